The normalized spacial score (nSPS) is 9.79. The number of para-hydroxylation sites is 1. The number of benzene rings is 2. The Morgan fingerprint density at radius 1 is 1.00 bits per heavy atom. The number of methoxy groups -OCH3 is 1. The summed E-state index contributed by atoms with van der Waals surface area (Å²) in [5, 5.41) is 0. The van der Waals surface area contributed by atoms with E-state index >= 15 is 0 Å². The number of hydrogen-bond donors (Lipinski definition) is 0. The summed E-state index contributed by atoms with van der Waals surface area (Å²) in [6, 6.07) is 18.9. The highest BCUT2D eigenvalue weighted by atomic mass is 16.5. The van der Waals surface area contributed by atoms with E-state index in [1.165, 1.54) is 0 Å². The SMILES string of the molecule is COc1ccccc1-c1cc[c]cc1. The van der Waals surface area contributed by atoms with Crippen LogP contribution in [0.3, 0.4) is 0 Å². The summed E-state index contributed by atoms with van der Waals surface area (Å²) in [6.45, 7) is 0. The Labute approximate surface area is 84.0 Å². The molecule has 0 aliphatic carbocycles. The second-order valence-corrected chi connectivity index (χ2v) is 2.99. The third-order valence-corrected chi connectivity index (χ3v) is 2.14. The molecule has 0 heterocycles. The van der Waals surface area contributed by atoms with Crippen LogP contribution < -0.4 is 4.74 Å². The van der Waals surface area contributed by atoms with Gasteiger partial charge in [-0.05, 0) is 17.7 Å². The second kappa shape index (κ2) is 3.97. The van der Waals surface area contributed by atoms with Gasteiger partial charge in [0.1, 0.15) is 5.75 Å². The fourth-order valence-electron chi connectivity index (χ4n) is 1.45. The van der Waals surface area contributed by atoms with Gasteiger partial charge in [0.15, 0.2) is 0 Å². The van der Waals surface area contributed by atoms with Gasteiger partial charge in [-0.1, -0.05) is 42.5 Å². The lowest BCUT2D eigenvalue weighted by Gasteiger charge is -2.07. The fraction of sp³-hybridized carbons (Fsp3) is 0.0769. The smallest absolute Gasteiger partial charge is 0.126 e. The van der Waals surface area contributed by atoms with Crippen LogP contribution >= 0.6 is 0 Å². The largest absolute Gasteiger partial charge is 0.496 e. The zero-order valence-electron chi connectivity index (χ0n) is 8.03. The molecule has 0 aromatic heterocycles. The summed E-state index contributed by atoms with van der Waals surface area (Å²) < 4.78 is 5.29. The van der Waals surface area contributed by atoms with Crippen molar-refractivity contribution in [3.05, 3.63) is 54.6 Å². The van der Waals surface area contributed by atoms with E-state index in [0.29, 0.717) is 0 Å². The Balaban J connectivity index is 2.51. The van der Waals surface area contributed by atoms with Crippen molar-refractivity contribution in [2.45, 2.75) is 0 Å². The van der Waals surface area contributed by atoms with Gasteiger partial charge < -0.3 is 4.74 Å². The highest BCUT2D eigenvalue weighted by molar-refractivity contribution is 5.70. The van der Waals surface area contributed by atoms with Crippen LogP contribution in [0, 0.1) is 6.07 Å². The molecule has 14 heavy (non-hydrogen) atoms. The topological polar surface area (TPSA) is 9.23 Å². The average molecular weight is 183 g/mol. The molecular weight excluding hydrogens is 172 g/mol. The van der Waals surface area contributed by atoms with Crippen LogP contribution in [-0.2, 0) is 0 Å². The molecule has 0 fully saturated rings. The molecule has 0 aliphatic rings. The third-order valence-electron chi connectivity index (χ3n) is 2.14. The van der Waals surface area contributed by atoms with Gasteiger partial charge in [0, 0.05) is 5.56 Å². The van der Waals surface area contributed by atoms with E-state index in [9.17, 15) is 0 Å². The molecule has 2 rings (SSSR count). The van der Waals surface area contributed by atoms with Crippen LogP contribution in [0.15, 0.2) is 48.5 Å². The molecule has 1 nitrogen and oxygen atoms in total. The van der Waals surface area contributed by atoms with Crippen molar-refractivity contribution in [1.29, 1.82) is 0 Å². The molecule has 0 saturated heterocycles. The minimum absolute atomic E-state index is 0.902. The summed E-state index contributed by atoms with van der Waals surface area (Å²) in [7, 11) is 1.69. The zero-order valence-corrected chi connectivity index (χ0v) is 8.03. The van der Waals surface area contributed by atoms with Crippen LogP contribution in [0.25, 0.3) is 11.1 Å². The van der Waals surface area contributed by atoms with Crippen molar-refractivity contribution in [2.75, 3.05) is 7.11 Å². The van der Waals surface area contributed by atoms with Gasteiger partial charge in [0.2, 0.25) is 0 Å². The predicted octanol–water partition coefficient (Wildman–Crippen LogP) is 3.16. The van der Waals surface area contributed by atoms with Crippen LogP contribution in [0.2, 0.25) is 0 Å². The minimum atomic E-state index is 0.902. The lowest BCUT2D eigenvalue weighted by atomic mass is 10.1. The lowest BCUT2D eigenvalue weighted by Crippen LogP contribution is -1.86. The van der Waals surface area contributed by atoms with E-state index < -0.39 is 0 Å². The van der Waals surface area contributed by atoms with E-state index in [1.54, 1.807) is 7.11 Å². The van der Waals surface area contributed by atoms with Crippen LogP contribution in [-0.4, -0.2) is 7.11 Å². The Morgan fingerprint density at radius 3 is 2.43 bits per heavy atom. The van der Waals surface area contributed by atoms with Gasteiger partial charge >= 0.3 is 0 Å². The molecule has 0 bridgehead atoms. The highest BCUT2D eigenvalue weighted by Gasteiger charge is 2.02. The van der Waals surface area contributed by atoms with Gasteiger partial charge in [-0.2, -0.15) is 0 Å². The molecule has 0 spiro atoms. The Kier molecular flexibility index (Phi) is 2.50. The first-order chi connectivity index (χ1) is 6.92. The van der Waals surface area contributed by atoms with Crippen molar-refractivity contribution in [2.24, 2.45) is 0 Å². The van der Waals surface area contributed by atoms with Gasteiger partial charge in [-0.3, -0.25) is 0 Å². The Bertz CT molecular complexity index is 407. The second-order valence-electron chi connectivity index (χ2n) is 2.99. The number of rotatable bonds is 2. The molecule has 0 atom stereocenters. The van der Waals surface area contributed by atoms with Crippen molar-refractivity contribution in [3.63, 3.8) is 0 Å². The van der Waals surface area contributed by atoms with E-state index in [2.05, 4.69) is 6.07 Å². The zero-order chi connectivity index (χ0) is 9.80. The maximum atomic E-state index is 5.29. The monoisotopic (exact) mass is 183 g/mol. The van der Waals surface area contributed by atoms with Crippen molar-refractivity contribution in [1.82, 2.24) is 0 Å². The molecule has 1 radical (unpaired) electrons. The maximum Gasteiger partial charge on any atom is 0.126 e. The standard InChI is InChI=1S/C13H11O/c1-14-13-10-6-5-9-12(13)11-7-3-2-4-8-11/h3-10H,1H3. The lowest BCUT2D eigenvalue weighted by molar-refractivity contribution is 0.416. The summed E-state index contributed by atoms with van der Waals surface area (Å²) in [6.07, 6.45) is 0. The Hall–Kier alpha value is -1.76. The first-order valence-corrected chi connectivity index (χ1v) is 4.51. The van der Waals surface area contributed by atoms with E-state index in [0.717, 1.165) is 16.9 Å². The predicted molar refractivity (Wildman–Crippen MR) is 57.3 cm³/mol. The molecule has 0 amide bonds. The summed E-state index contributed by atoms with van der Waals surface area (Å²) in [4.78, 5) is 0. The van der Waals surface area contributed by atoms with Crippen LogP contribution in [0.5, 0.6) is 5.75 Å². The molecule has 0 N–H and O–H groups in total. The molecule has 0 saturated carbocycles. The van der Waals surface area contributed by atoms with Gasteiger partial charge in [-0.15, -0.1) is 0 Å². The quantitative estimate of drug-likeness (QED) is 0.694. The summed E-state index contributed by atoms with van der Waals surface area (Å²) in [5.74, 6) is 0.902. The third kappa shape index (κ3) is 1.62. The van der Waals surface area contributed by atoms with Gasteiger partial charge in [0.25, 0.3) is 0 Å². The molecule has 2 aromatic carbocycles. The number of ether oxygens (including phenoxy) is 1. The maximum absolute atomic E-state index is 5.29. The fourth-order valence-corrected chi connectivity index (χ4v) is 1.45. The van der Waals surface area contributed by atoms with E-state index in [4.69, 9.17) is 4.74 Å². The van der Waals surface area contributed by atoms with Crippen molar-refractivity contribution < 1.29 is 4.74 Å². The first kappa shape index (κ1) is 8.82. The highest BCUT2D eigenvalue weighted by Crippen LogP contribution is 2.28. The first-order valence-electron chi connectivity index (χ1n) is 4.51. The van der Waals surface area contributed by atoms with Crippen LogP contribution in [0.4, 0.5) is 0 Å². The average Bonchev–Trinajstić information content (AvgIpc) is 2.30. The molecule has 0 aliphatic heterocycles. The number of hydrogen-bond acceptors (Lipinski definition) is 1. The van der Waals surface area contributed by atoms with Crippen molar-refractivity contribution in [3.8, 4) is 16.9 Å². The van der Waals surface area contributed by atoms with Gasteiger partial charge in [0.05, 0.1) is 7.11 Å². The van der Waals surface area contributed by atoms with E-state index in [-0.39, 0.29) is 0 Å². The molecule has 1 heteroatoms. The molecule has 69 valence electrons. The van der Waals surface area contributed by atoms with Crippen LogP contribution in [0.1, 0.15) is 0 Å². The Morgan fingerprint density at radius 2 is 1.71 bits per heavy atom. The summed E-state index contributed by atoms with van der Waals surface area (Å²) in [5.41, 5.74) is 2.27. The van der Waals surface area contributed by atoms with Gasteiger partial charge in [-0.25, -0.2) is 0 Å². The molecular formula is C13H11O. The minimum Gasteiger partial charge on any atom is -0.496 e. The van der Waals surface area contributed by atoms with Crippen molar-refractivity contribution >= 4 is 0 Å². The molecule has 2 aromatic rings. The molecule has 0 unspecified atom stereocenters. The summed E-state index contributed by atoms with van der Waals surface area (Å²) >= 11 is 0. The van der Waals surface area contributed by atoms with E-state index in [1.807, 2.05) is 48.5 Å².